The standard InChI is InChI=1S/C22H46O2S/c1-3-4-5-6-7-8-9-10-11-12-13-14-15-16-18-22(24-2)21-25-20-17-19-23/h22-23H,3-21H2,1-2H3. The van der Waals surface area contributed by atoms with Crippen LogP contribution in [0.2, 0.25) is 0 Å². The highest BCUT2D eigenvalue weighted by molar-refractivity contribution is 7.99. The van der Waals surface area contributed by atoms with E-state index in [2.05, 4.69) is 6.92 Å². The monoisotopic (exact) mass is 374 g/mol. The third-order valence-corrected chi connectivity index (χ3v) is 6.15. The van der Waals surface area contributed by atoms with Crippen molar-refractivity contribution in [2.75, 3.05) is 25.2 Å². The molecule has 0 rings (SSSR count). The number of hydrogen-bond donors (Lipinski definition) is 1. The summed E-state index contributed by atoms with van der Waals surface area (Å²) in [6.07, 6.45) is 22.3. The van der Waals surface area contributed by atoms with E-state index in [1.807, 2.05) is 18.9 Å². The Morgan fingerprint density at radius 1 is 0.720 bits per heavy atom. The van der Waals surface area contributed by atoms with Crippen LogP contribution >= 0.6 is 11.8 Å². The van der Waals surface area contributed by atoms with Crippen molar-refractivity contribution in [1.82, 2.24) is 0 Å². The molecule has 0 aliphatic rings. The Bertz CT molecular complexity index is 236. The average molecular weight is 375 g/mol. The number of thioether (sulfide) groups is 1. The topological polar surface area (TPSA) is 29.5 Å². The van der Waals surface area contributed by atoms with E-state index < -0.39 is 0 Å². The van der Waals surface area contributed by atoms with E-state index in [0.717, 1.165) is 17.9 Å². The zero-order valence-corrected chi connectivity index (χ0v) is 18.1. The number of hydrogen-bond acceptors (Lipinski definition) is 3. The lowest BCUT2D eigenvalue weighted by atomic mass is 10.0. The molecule has 0 fully saturated rings. The first-order chi connectivity index (χ1) is 12.3. The molecule has 0 aliphatic heterocycles. The molecule has 152 valence electrons. The van der Waals surface area contributed by atoms with Crippen LogP contribution in [0.4, 0.5) is 0 Å². The third kappa shape index (κ3) is 20.4. The van der Waals surface area contributed by atoms with Gasteiger partial charge < -0.3 is 9.84 Å². The highest BCUT2D eigenvalue weighted by atomic mass is 32.2. The van der Waals surface area contributed by atoms with Crippen molar-refractivity contribution >= 4 is 11.8 Å². The minimum absolute atomic E-state index is 0.309. The molecule has 0 aliphatic carbocycles. The lowest BCUT2D eigenvalue weighted by Crippen LogP contribution is -2.14. The zero-order valence-electron chi connectivity index (χ0n) is 17.3. The highest BCUT2D eigenvalue weighted by Gasteiger charge is 2.06. The summed E-state index contributed by atoms with van der Waals surface area (Å²) in [6, 6.07) is 0. The lowest BCUT2D eigenvalue weighted by molar-refractivity contribution is 0.112. The van der Waals surface area contributed by atoms with Gasteiger partial charge in [-0.15, -0.1) is 0 Å². The van der Waals surface area contributed by atoms with Crippen LogP contribution in [0, 0.1) is 0 Å². The average Bonchev–Trinajstić information content (AvgIpc) is 2.63. The summed E-state index contributed by atoms with van der Waals surface area (Å²) in [5.41, 5.74) is 0. The highest BCUT2D eigenvalue weighted by Crippen LogP contribution is 2.16. The molecule has 0 radical (unpaired) electrons. The zero-order chi connectivity index (χ0) is 18.4. The third-order valence-electron chi connectivity index (χ3n) is 4.96. The van der Waals surface area contributed by atoms with Gasteiger partial charge in [0.15, 0.2) is 0 Å². The van der Waals surface area contributed by atoms with Gasteiger partial charge in [0.2, 0.25) is 0 Å². The first-order valence-corrected chi connectivity index (χ1v) is 12.2. The van der Waals surface area contributed by atoms with Gasteiger partial charge in [-0.1, -0.05) is 96.8 Å². The smallest absolute Gasteiger partial charge is 0.0661 e. The van der Waals surface area contributed by atoms with Gasteiger partial charge in [-0.05, 0) is 18.6 Å². The number of ether oxygens (including phenoxy) is 1. The number of unbranched alkanes of at least 4 members (excludes halogenated alkanes) is 13. The van der Waals surface area contributed by atoms with Crippen LogP contribution in [0.3, 0.4) is 0 Å². The van der Waals surface area contributed by atoms with E-state index >= 15 is 0 Å². The molecule has 0 bridgehead atoms. The molecule has 3 heteroatoms. The number of rotatable bonds is 21. The van der Waals surface area contributed by atoms with Crippen LogP contribution in [0.1, 0.15) is 110 Å². The Hall–Kier alpha value is 0.270. The minimum Gasteiger partial charge on any atom is -0.396 e. The molecule has 1 atom stereocenters. The maximum absolute atomic E-state index is 8.79. The van der Waals surface area contributed by atoms with Gasteiger partial charge in [0.25, 0.3) is 0 Å². The summed E-state index contributed by atoms with van der Waals surface area (Å²) in [7, 11) is 1.83. The molecule has 0 heterocycles. The fraction of sp³-hybridized carbons (Fsp3) is 1.00. The van der Waals surface area contributed by atoms with E-state index in [1.165, 1.54) is 96.3 Å². The second kappa shape index (κ2) is 22.3. The van der Waals surface area contributed by atoms with Crippen molar-refractivity contribution < 1.29 is 9.84 Å². The number of aliphatic hydroxyl groups excluding tert-OH is 1. The van der Waals surface area contributed by atoms with Gasteiger partial charge in [-0.3, -0.25) is 0 Å². The SMILES string of the molecule is CCCCCCCCCCCCCCCCC(CSCCCO)OC. The first kappa shape index (κ1) is 25.3. The summed E-state index contributed by atoms with van der Waals surface area (Å²) in [6.45, 7) is 2.60. The first-order valence-electron chi connectivity index (χ1n) is 11.1. The fourth-order valence-electron chi connectivity index (χ4n) is 3.22. The van der Waals surface area contributed by atoms with Crippen LogP contribution in [-0.4, -0.2) is 36.4 Å². The molecular weight excluding hydrogens is 328 g/mol. The van der Waals surface area contributed by atoms with Crippen LogP contribution in [0.15, 0.2) is 0 Å². The van der Waals surface area contributed by atoms with Crippen molar-refractivity contribution in [2.45, 2.75) is 116 Å². The Morgan fingerprint density at radius 2 is 1.20 bits per heavy atom. The molecule has 1 unspecified atom stereocenters. The van der Waals surface area contributed by atoms with E-state index in [9.17, 15) is 0 Å². The maximum Gasteiger partial charge on any atom is 0.0661 e. The Morgan fingerprint density at radius 3 is 1.64 bits per heavy atom. The Balaban J connectivity index is 3.19. The molecule has 2 nitrogen and oxygen atoms in total. The lowest BCUT2D eigenvalue weighted by Gasteiger charge is -2.14. The molecule has 0 aromatic heterocycles. The van der Waals surface area contributed by atoms with Gasteiger partial charge in [0, 0.05) is 19.5 Å². The van der Waals surface area contributed by atoms with Gasteiger partial charge in [-0.2, -0.15) is 11.8 Å². The van der Waals surface area contributed by atoms with Gasteiger partial charge >= 0.3 is 0 Å². The largest absolute Gasteiger partial charge is 0.396 e. The van der Waals surface area contributed by atoms with Gasteiger partial charge in [0.1, 0.15) is 0 Å². The normalized spacial score (nSPS) is 12.6. The molecule has 0 spiro atoms. The van der Waals surface area contributed by atoms with Crippen LogP contribution in [-0.2, 0) is 4.74 Å². The van der Waals surface area contributed by atoms with Gasteiger partial charge in [-0.25, -0.2) is 0 Å². The predicted octanol–water partition coefficient (Wildman–Crippen LogP) is 6.99. The van der Waals surface area contributed by atoms with Crippen LogP contribution in [0.25, 0.3) is 0 Å². The number of aliphatic hydroxyl groups is 1. The maximum atomic E-state index is 8.79. The summed E-state index contributed by atoms with van der Waals surface area (Å²) in [5.74, 6) is 2.13. The van der Waals surface area contributed by atoms with Crippen LogP contribution in [0.5, 0.6) is 0 Å². The molecule has 0 amide bonds. The van der Waals surface area contributed by atoms with E-state index in [1.54, 1.807) is 0 Å². The van der Waals surface area contributed by atoms with E-state index in [0.29, 0.717) is 12.7 Å². The minimum atomic E-state index is 0.309. The molecule has 0 aromatic rings. The van der Waals surface area contributed by atoms with Crippen molar-refractivity contribution in [3.63, 3.8) is 0 Å². The molecule has 0 saturated carbocycles. The summed E-state index contributed by atoms with van der Waals surface area (Å²) in [4.78, 5) is 0. The van der Waals surface area contributed by atoms with E-state index in [-0.39, 0.29) is 0 Å². The summed E-state index contributed by atoms with van der Waals surface area (Å²) < 4.78 is 5.56. The fourth-order valence-corrected chi connectivity index (χ4v) is 4.28. The van der Waals surface area contributed by atoms with Gasteiger partial charge in [0.05, 0.1) is 6.10 Å². The molecule has 0 saturated heterocycles. The van der Waals surface area contributed by atoms with Crippen LogP contribution < -0.4 is 0 Å². The molecule has 0 aromatic carbocycles. The van der Waals surface area contributed by atoms with Crippen molar-refractivity contribution in [3.8, 4) is 0 Å². The Kier molecular flexibility index (Phi) is 22.6. The molecule has 1 N–H and O–H groups in total. The second-order valence-corrected chi connectivity index (χ2v) is 8.54. The number of methoxy groups -OCH3 is 1. The quantitative estimate of drug-likeness (QED) is 0.220. The van der Waals surface area contributed by atoms with Crippen molar-refractivity contribution in [3.05, 3.63) is 0 Å². The van der Waals surface area contributed by atoms with E-state index in [4.69, 9.17) is 9.84 Å². The van der Waals surface area contributed by atoms with Crippen molar-refractivity contribution in [2.24, 2.45) is 0 Å². The second-order valence-electron chi connectivity index (χ2n) is 7.39. The Labute approximate surface area is 162 Å². The molecular formula is C22H46O2S. The summed E-state index contributed by atoms with van der Waals surface area (Å²) in [5, 5.41) is 8.79. The van der Waals surface area contributed by atoms with Crippen molar-refractivity contribution in [1.29, 1.82) is 0 Å². The predicted molar refractivity (Wildman–Crippen MR) is 115 cm³/mol. The summed E-state index contributed by atoms with van der Waals surface area (Å²) >= 11 is 1.91. The molecule has 25 heavy (non-hydrogen) atoms.